The third-order valence-electron chi connectivity index (χ3n) is 7.67. The van der Waals surface area contributed by atoms with Crippen molar-refractivity contribution in [3.8, 4) is 5.75 Å². The number of carbonyl (C=O) groups excluding carboxylic acids is 2. The number of furan rings is 1. The van der Waals surface area contributed by atoms with Gasteiger partial charge in [0.15, 0.2) is 0 Å². The van der Waals surface area contributed by atoms with Crippen molar-refractivity contribution in [1.29, 1.82) is 0 Å². The van der Waals surface area contributed by atoms with Gasteiger partial charge in [0.25, 0.3) is 11.8 Å². The minimum absolute atomic E-state index is 0.0245. The van der Waals surface area contributed by atoms with Crippen LogP contribution in [0.4, 0.5) is 0 Å². The van der Waals surface area contributed by atoms with Gasteiger partial charge in [0.05, 0.1) is 17.4 Å². The number of carbonyl (C=O) groups is 2. The molecule has 7 rings (SSSR count). The van der Waals surface area contributed by atoms with Gasteiger partial charge in [-0.25, -0.2) is 0 Å². The molecule has 1 fully saturated rings. The van der Waals surface area contributed by atoms with Gasteiger partial charge in [0.2, 0.25) is 0 Å². The second-order valence-electron chi connectivity index (χ2n) is 10.3. The molecular formula is C32H27N3O4. The summed E-state index contributed by atoms with van der Waals surface area (Å²) in [5.41, 5.74) is 4.73. The average molecular weight is 518 g/mol. The summed E-state index contributed by atoms with van der Waals surface area (Å²) >= 11 is 0. The topological polar surface area (TPSA) is 76.7 Å². The number of amides is 2. The molecule has 0 saturated carbocycles. The molecule has 2 aliphatic heterocycles. The second kappa shape index (κ2) is 9.29. The molecule has 1 atom stereocenters. The van der Waals surface area contributed by atoms with Crippen molar-refractivity contribution in [2.45, 2.75) is 19.1 Å². The lowest BCUT2D eigenvalue weighted by molar-refractivity contribution is -0.122. The standard InChI is InChI=1S/C32H27N3O4/c1-34-19-26(24-9-5-6-10-27(24)34)29-28(31(36)33-32(29)37)25-16-23(15-21-12-14-38-30(21)25)39-22-11-13-35(18-22)17-20-7-3-2-4-8-20/h2-10,12,14-16,19,22H,11,13,17-18H2,1H3,(H,33,36,37)/t22-/m1/s1. The van der Waals surface area contributed by atoms with Crippen molar-refractivity contribution in [3.63, 3.8) is 0 Å². The van der Waals surface area contributed by atoms with E-state index in [2.05, 4.69) is 34.5 Å². The van der Waals surface area contributed by atoms with Crippen molar-refractivity contribution in [3.05, 3.63) is 102 Å². The third-order valence-corrected chi connectivity index (χ3v) is 7.67. The Bertz CT molecular complexity index is 1780. The van der Waals surface area contributed by atoms with E-state index >= 15 is 0 Å². The molecule has 194 valence electrons. The Kier molecular flexibility index (Phi) is 5.60. The summed E-state index contributed by atoms with van der Waals surface area (Å²) < 4.78 is 14.3. The molecule has 0 unspecified atom stereocenters. The summed E-state index contributed by atoms with van der Waals surface area (Å²) in [5.74, 6) is -0.195. The molecule has 3 aromatic carbocycles. The van der Waals surface area contributed by atoms with Gasteiger partial charge in [-0.15, -0.1) is 0 Å². The molecule has 2 aliphatic rings. The molecule has 1 N–H and O–H groups in total. The molecule has 1 saturated heterocycles. The number of aromatic nitrogens is 1. The van der Waals surface area contributed by atoms with Gasteiger partial charge in [0, 0.05) is 60.3 Å². The maximum Gasteiger partial charge on any atom is 0.259 e. The largest absolute Gasteiger partial charge is 0.489 e. The lowest BCUT2D eigenvalue weighted by atomic mass is 9.94. The first kappa shape index (κ1) is 23.5. The second-order valence-corrected chi connectivity index (χ2v) is 10.3. The van der Waals surface area contributed by atoms with Crippen LogP contribution in [0.15, 0.2) is 89.7 Å². The van der Waals surface area contributed by atoms with Crippen molar-refractivity contribution in [2.24, 2.45) is 7.05 Å². The molecule has 2 amide bonds. The summed E-state index contributed by atoms with van der Waals surface area (Å²) in [6.45, 7) is 2.65. The molecule has 0 bridgehead atoms. The number of aryl methyl sites for hydroxylation is 1. The Balaban J connectivity index is 1.27. The SMILES string of the molecule is Cn1cc(C2=C(c3cc(O[C@@H]4CCN(Cc5ccccc5)C4)cc4ccoc34)C(=O)NC2=O)c2ccccc21. The lowest BCUT2D eigenvalue weighted by Gasteiger charge is -2.17. The van der Waals surface area contributed by atoms with Crippen molar-refractivity contribution >= 4 is 44.8 Å². The summed E-state index contributed by atoms with van der Waals surface area (Å²) in [6.07, 6.45) is 4.44. The first-order valence-corrected chi connectivity index (χ1v) is 13.1. The Labute approximate surface area is 225 Å². The fourth-order valence-electron chi connectivity index (χ4n) is 5.89. The molecule has 7 heteroatoms. The highest BCUT2D eigenvalue weighted by molar-refractivity contribution is 6.50. The Morgan fingerprint density at radius 3 is 2.56 bits per heavy atom. The molecule has 7 nitrogen and oxygen atoms in total. The third kappa shape index (κ3) is 4.11. The zero-order valence-electron chi connectivity index (χ0n) is 21.5. The number of fused-ring (bicyclic) bond motifs is 2. The van der Waals surface area contributed by atoms with Gasteiger partial charge in [-0.3, -0.25) is 19.8 Å². The first-order valence-electron chi connectivity index (χ1n) is 13.1. The van der Waals surface area contributed by atoms with Crippen LogP contribution in [-0.2, 0) is 23.2 Å². The molecular weight excluding hydrogens is 490 g/mol. The maximum atomic E-state index is 13.3. The molecule has 39 heavy (non-hydrogen) atoms. The maximum absolute atomic E-state index is 13.3. The minimum Gasteiger partial charge on any atom is -0.489 e. The minimum atomic E-state index is -0.437. The van der Waals surface area contributed by atoms with Gasteiger partial charge < -0.3 is 13.7 Å². The van der Waals surface area contributed by atoms with Crippen LogP contribution in [0.25, 0.3) is 33.0 Å². The van der Waals surface area contributed by atoms with E-state index in [-0.39, 0.29) is 6.10 Å². The van der Waals surface area contributed by atoms with Crippen LogP contribution in [0, 0.1) is 0 Å². The number of imide groups is 1. The van der Waals surface area contributed by atoms with E-state index in [1.54, 1.807) is 6.26 Å². The van der Waals surface area contributed by atoms with E-state index in [4.69, 9.17) is 9.15 Å². The van der Waals surface area contributed by atoms with E-state index in [0.29, 0.717) is 33.6 Å². The Hall–Kier alpha value is -4.62. The fourth-order valence-corrected chi connectivity index (χ4v) is 5.89. The first-order chi connectivity index (χ1) is 19.0. The molecule has 5 aromatic rings. The normalized spacial score (nSPS) is 18.0. The highest BCUT2D eigenvalue weighted by atomic mass is 16.5. The predicted octanol–water partition coefficient (Wildman–Crippen LogP) is 5.15. The van der Waals surface area contributed by atoms with E-state index in [1.807, 2.05) is 66.3 Å². The number of hydrogen-bond donors (Lipinski definition) is 1. The number of hydrogen-bond acceptors (Lipinski definition) is 5. The molecule has 0 aliphatic carbocycles. The fraction of sp³-hybridized carbons (Fsp3) is 0.188. The van der Waals surface area contributed by atoms with Gasteiger partial charge in [-0.1, -0.05) is 48.5 Å². The number of ether oxygens (including phenoxy) is 1. The predicted molar refractivity (Wildman–Crippen MR) is 150 cm³/mol. The van der Waals surface area contributed by atoms with Crippen LogP contribution < -0.4 is 10.1 Å². The Morgan fingerprint density at radius 1 is 0.949 bits per heavy atom. The number of benzene rings is 3. The van der Waals surface area contributed by atoms with Gasteiger partial charge in [0.1, 0.15) is 17.4 Å². The summed E-state index contributed by atoms with van der Waals surface area (Å²) in [5, 5.41) is 4.24. The monoisotopic (exact) mass is 517 g/mol. The van der Waals surface area contributed by atoms with Crippen molar-refractivity contribution < 1.29 is 18.7 Å². The number of nitrogens with one attached hydrogen (secondary N) is 1. The number of para-hydroxylation sites is 1. The average Bonchev–Trinajstić information content (AvgIpc) is 3.71. The molecule has 0 spiro atoms. The van der Waals surface area contributed by atoms with E-state index in [9.17, 15) is 9.59 Å². The smallest absolute Gasteiger partial charge is 0.259 e. The quantitative estimate of drug-likeness (QED) is 0.316. The highest BCUT2D eigenvalue weighted by Crippen LogP contribution is 2.40. The van der Waals surface area contributed by atoms with Crippen LogP contribution in [0.3, 0.4) is 0 Å². The highest BCUT2D eigenvalue weighted by Gasteiger charge is 2.35. The van der Waals surface area contributed by atoms with E-state index in [1.165, 1.54) is 5.56 Å². The zero-order valence-corrected chi connectivity index (χ0v) is 21.5. The molecule has 0 radical (unpaired) electrons. The summed E-state index contributed by atoms with van der Waals surface area (Å²) in [7, 11) is 1.93. The molecule has 2 aromatic heterocycles. The van der Waals surface area contributed by atoms with Gasteiger partial charge >= 0.3 is 0 Å². The van der Waals surface area contributed by atoms with Crippen LogP contribution >= 0.6 is 0 Å². The van der Waals surface area contributed by atoms with Gasteiger partial charge in [-0.05, 0) is 36.2 Å². The number of likely N-dealkylation sites (tertiary alicyclic amines) is 1. The zero-order chi connectivity index (χ0) is 26.5. The van der Waals surface area contributed by atoms with Crippen LogP contribution in [-0.4, -0.2) is 40.5 Å². The summed E-state index contributed by atoms with van der Waals surface area (Å²) in [6, 6.07) is 23.9. The lowest BCUT2D eigenvalue weighted by Crippen LogP contribution is -2.24. The van der Waals surface area contributed by atoms with Crippen LogP contribution in [0.1, 0.15) is 23.1 Å². The molecule has 4 heterocycles. The van der Waals surface area contributed by atoms with E-state index < -0.39 is 11.8 Å². The van der Waals surface area contributed by atoms with Crippen molar-refractivity contribution in [1.82, 2.24) is 14.8 Å². The van der Waals surface area contributed by atoms with Crippen LogP contribution in [0.5, 0.6) is 5.75 Å². The van der Waals surface area contributed by atoms with Crippen molar-refractivity contribution in [2.75, 3.05) is 13.1 Å². The Morgan fingerprint density at radius 2 is 1.72 bits per heavy atom. The number of nitrogens with zero attached hydrogens (tertiary/aromatic N) is 2. The number of rotatable bonds is 6. The van der Waals surface area contributed by atoms with Gasteiger partial charge in [-0.2, -0.15) is 0 Å². The van der Waals surface area contributed by atoms with E-state index in [0.717, 1.165) is 42.3 Å². The summed E-state index contributed by atoms with van der Waals surface area (Å²) in [4.78, 5) is 28.8. The van der Waals surface area contributed by atoms with Crippen LogP contribution in [0.2, 0.25) is 0 Å².